The first-order valence-corrected chi connectivity index (χ1v) is 8.25. The van der Waals surface area contributed by atoms with Crippen molar-refractivity contribution in [3.05, 3.63) is 47.6 Å². The van der Waals surface area contributed by atoms with Crippen LogP contribution in [0.2, 0.25) is 0 Å². The minimum atomic E-state index is -0.609. The van der Waals surface area contributed by atoms with Crippen molar-refractivity contribution in [1.29, 1.82) is 0 Å². The van der Waals surface area contributed by atoms with Crippen LogP contribution in [-0.2, 0) is 11.8 Å². The van der Waals surface area contributed by atoms with E-state index in [1.165, 1.54) is 12.0 Å². The third-order valence-corrected chi connectivity index (χ3v) is 6.18. The van der Waals surface area contributed by atoms with E-state index >= 15 is 0 Å². The molecule has 2 bridgehead atoms. The lowest BCUT2D eigenvalue weighted by molar-refractivity contribution is -0.00891. The maximum absolute atomic E-state index is 10.5. The number of allylic oxidation sites excluding steroid dienone is 3. The van der Waals surface area contributed by atoms with Crippen LogP contribution in [0, 0.1) is 11.8 Å². The molecule has 3 heteroatoms. The molecular weight excluding hydrogens is 276 g/mol. The van der Waals surface area contributed by atoms with Gasteiger partial charge in [-0.1, -0.05) is 30.4 Å². The van der Waals surface area contributed by atoms with E-state index in [0.29, 0.717) is 17.6 Å². The van der Waals surface area contributed by atoms with E-state index in [1.54, 1.807) is 6.07 Å². The van der Waals surface area contributed by atoms with Crippen LogP contribution < -0.4 is 4.74 Å². The Bertz CT molecular complexity index is 705. The molecular formula is C19H20O3. The molecule has 1 spiro atoms. The summed E-state index contributed by atoms with van der Waals surface area (Å²) in [5, 5.41) is 20.8. The normalized spacial score (nSPS) is 40.6. The van der Waals surface area contributed by atoms with Crippen molar-refractivity contribution < 1.29 is 14.9 Å². The Balaban J connectivity index is 1.84. The summed E-state index contributed by atoms with van der Waals surface area (Å²) in [5.74, 6) is 1.80. The zero-order chi connectivity index (χ0) is 14.9. The Hall–Kier alpha value is -1.74. The Labute approximate surface area is 129 Å². The fourth-order valence-corrected chi connectivity index (χ4v) is 5.35. The molecule has 0 amide bonds. The number of aliphatic hydroxyl groups excluding tert-OH is 1. The molecule has 1 aliphatic heterocycles. The van der Waals surface area contributed by atoms with Gasteiger partial charge in [-0.05, 0) is 49.1 Å². The predicted molar refractivity (Wildman–Crippen MR) is 83.0 cm³/mol. The van der Waals surface area contributed by atoms with E-state index in [2.05, 4.69) is 24.3 Å². The number of benzene rings is 1. The summed E-state index contributed by atoms with van der Waals surface area (Å²) in [7, 11) is 0. The summed E-state index contributed by atoms with van der Waals surface area (Å²) in [6.07, 6.45) is 12.0. The fourth-order valence-electron chi connectivity index (χ4n) is 5.35. The Morgan fingerprint density at radius 1 is 1.18 bits per heavy atom. The predicted octanol–water partition coefficient (Wildman–Crippen LogP) is 2.85. The van der Waals surface area contributed by atoms with Crippen molar-refractivity contribution in [2.75, 3.05) is 0 Å². The molecule has 4 aliphatic rings. The average Bonchev–Trinajstić information content (AvgIpc) is 2.86. The van der Waals surface area contributed by atoms with Crippen molar-refractivity contribution in [2.24, 2.45) is 11.8 Å². The summed E-state index contributed by atoms with van der Waals surface area (Å²) in [5.41, 5.74) is 2.25. The zero-order valence-corrected chi connectivity index (χ0v) is 12.4. The van der Waals surface area contributed by atoms with Gasteiger partial charge in [0.25, 0.3) is 0 Å². The van der Waals surface area contributed by atoms with E-state index in [0.717, 1.165) is 24.8 Å². The lowest BCUT2D eigenvalue weighted by atomic mass is 9.52. The van der Waals surface area contributed by atoms with Crippen molar-refractivity contribution in [2.45, 2.75) is 43.3 Å². The van der Waals surface area contributed by atoms with Crippen LogP contribution in [-0.4, -0.2) is 22.4 Å². The van der Waals surface area contributed by atoms with Gasteiger partial charge in [-0.3, -0.25) is 0 Å². The minimum Gasteiger partial charge on any atom is -0.504 e. The quantitative estimate of drug-likeness (QED) is 0.724. The highest BCUT2D eigenvalue weighted by atomic mass is 16.5. The minimum absolute atomic E-state index is 0.206. The molecule has 22 heavy (non-hydrogen) atoms. The van der Waals surface area contributed by atoms with E-state index in [9.17, 15) is 10.2 Å². The van der Waals surface area contributed by atoms with E-state index in [-0.39, 0.29) is 17.3 Å². The second-order valence-corrected chi connectivity index (χ2v) is 7.15. The molecule has 5 unspecified atom stereocenters. The van der Waals surface area contributed by atoms with Crippen molar-refractivity contribution in [3.8, 4) is 11.5 Å². The molecule has 0 aromatic heterocycles. The van der Waals surface area contributed by atoms with Gasteiger partial charge >= 0.3 is 0 Å². The molecule has 1 heterocycles. The van der Waals surface area contributed by atoms with Crippen LogP contribution >= 0.6 is 0 Å². The van der Waals surface area contributed by atoms with Gasteiger partial charge in [0.05, 0.1) is 0 Å². The highest BCUT2D eigenvalue weighted by Crippen LogP contribution is 2.62. The van der Waals surface area contributed by atoms with Gasteiger partial charge in [0.15, 0.2) is 11.5 Å². The summed E-state index contributed by atoms with van der Waals surface area (Å²) in [6.45, 7) is 0. The third kappa shape index (κ3) is 1.36. The number of phenolic OH excluding ortho intramolecular Hbond substituents is 1. The molecule has 0 saturated carbocycles. The molecule has 5 atom stereocenters. The number of ether oxygens (including phenoxy) is 1. The molecule has 0 saturated heterocycles. The number of phenols is 1. The maximum Gasteiger partial charge on any atom is 0.165 e. The van der Waals surface area contributed by atoms with Crippen LogP contribution in [0.3, 0.4) is 0 Å². The first-order chi connectivity index (χ1) is 10.7. The number of aromatic hydroxyl groups is 1. The topological polar surface area (TPSA) is 49.7 Å². The summed E-state index contributed by atoms with van der Waals surface area (Å²) in [4.78, 5) is 0. The summed E-state index contributed by atoms with van der Waals surface area (Å²) in [6, 6.07) is 3.80. The lowest BCUT2D eigenvalue weighted by Gasteiger charge is -2.50. The van der Waals surface area contributed by atoms with Gasteiger partial charge in [-0.15, -0.1) is 0 Å². The van der Waals surface area contributed by atoms with E-state index in [1.807, 2.05) is 6.08 Å². The molecule has 1 aromatic rings. The van der Waals surface area contributed by atoms with Crippen molar-refractivity contribution >= 4 is 0 Å². The van der Waals surface area contributed by atoms with Gasteiger partial charge in [0, 0.05) is 11.0 Å². The molecule has 0 radical (unpaired) electrons. The Kier molecular flexibility index (Phi) is 2.42. The molecule has 3 aliphatic carbocycles. The zero-order valence-electron chi connectivity index (χ0n) is 12.4. The third-order valence-electron chi connectivity index (χ3n) is 6.18. The Morgan fingerprint density at radius 3 is 3.00 bits per heavy atom. The highest BCUT2D eigenvalue weighted by molar-refractivity contribution is 5.61. The van der Waals surface area contributed by atoms with E-state index < -0.39 is 6.10 Å². The number of hydrogen-bond donors (Lipinski definition) is 2. The smallest absolute Gasteiger partial charge is 0.165 e. The molecule has 5 rings (SSSR count). The van der Waals surface area contributed by atoms with Gasteiger partial charge in [0.1, 0.15) is 12.2 Å². The number of hydrogen-bond acceptors (Lipinski definition) is 3. The lowest BCUT2D eigenvalue weighted by Crippen LogP contribution is -2.56. The first-order valence-electron chi connectivity index (χ1n) is 8.25. The molecule has 0 fully saturated rings. The summed E-state index contributed by atoms with van der Waals surface area (Å²) < 4.78 is 6.13. The van der Waals surface area contributed by atoms with Crippen molar-refractivity contribution in [3.63, 3.8) is 0 Å². The molecule has 2 N–H and O–H groups in total. The van der Waals surface area contributed by atoms with Crippen LogP contribution in [0.1, 0.15) is 30.4 Å². The first kappa shape index (κ1) is 12.8. The molecule has 114 valence electrons. The van der Waals surface area contributed by atoms with Gasteiger partial charge in [0.2, 0.25) is 0 Å². The number of aliphatic hydroxyl groups is 1. The van der Waals surface area contributed by atoms with Crippen LogP contribution in [0.25, 0.3) is 0 Å². The van der Waals surface area contributed by atoms with E-state index in [4.69, 9.17) is 4.74 Å². The second-order valence-electron chi connectivity index (χ2n) is 7.15. The fraction of sp³-hybridized carbons (Fsp3) is 0.474. The van der Waals surface area contributed by atoms with Gasteiger partial charge in [-0.25, -0.2) is 0 Å². The van der Waals surface area contributed by atoms with Crippen LogP contribution in [0.4, 0.5) is 0 Å². The Morgan fingerprint density at radius 2 is 2.09 bits per heavy atom. The van der Waals surface area contributed by atoms with Gasteiger partial charge < -0.3 is 14.9 Å². The SMILES string of the molecule is Oc1ccc2c3c1OC1C(O)C=CC4C(CCC=CCC341)C2. The number of rotatable bonds is 0. The van der Waals surface area contributed by atoms with Crippen molar-refractivity contribution in [1.82, 2.24) is 0 Å². The largest absolute Gasteiger partial charge is 0.504 e. The van der Waals surface area contributed by atoms with Gasteiger partial charge in [-0.2, -0.15) is 0 Å². The van der Waals surface area contributed by atoms with Crippen LogP contribution in [0.5, 0.6) is 11.5 Å². The average molecular weight is 296 g/mol. The monoisotopic (exact) mass is 296 g/mol. The highest BCUT2D eigenvalue weighted by Gasteiger charge is 2.61. The van der Waals surface area contributed by atoms with Crippen LogP contribution in [0.15, 0.2) is 36.4 Å². The molecule has 3 nitrogen and oxygen atoms in total. The molecule has 1 aromatic carbocycles. The summed E-state index contributed by atoms with van der Waals surface area (Å²) >= 11 is 0. The second kappa shape index (κ2) is 4.17. The maximum atomic E-state index is 10.5. The standard InChI is InChI=1S/C19H20O3/c20-14-7-5-12-10-11-4-2-1-3-9-19-13(11)6-8-15(21)18(19)22-17(14)16(12)19/h1,3,5-8,11,13,15,18,20-21H,2,4,9-10H2.